The van der Waals surface area contributed by atoms with Gasteiger partial charge in [-0.1, -0.05) is 107 Å². The van der Waals surface area contributed by atoms with E-state index in [2.05, 4.69) is 119 Å². The minimum Gasteiger partial charge on any atom is -0.457 e. The van der Waals surface area contributed by atoms with Crippen LogP contribution >= 0.6 is 0 Å². The highest BCUT2D eigenvalue weighted by Crippen LogP contribution is 2.42. The van der Waals surface area contributed by atoms with Gasteiger partial charge in [0.25, 0.3) is 0 Å². The molecule has 256 valence electrons. The maximum atomic E-state index is 13.5. The zero-order chi connectivity index (χ0) is 35.5. The summed E-state index contributed by atoms with van der Waals surface area (Å²) in [5.74, 6) is 3.11. The summed E-state index contributed by atoms with van der Waals surface area (Å²) in [5.41, 5.74) is 6.41. The van der Waals surface area contributed by atoms with Gasteiger partial charge in [-0.25, -0.2) is 0 Å². The van der Waals surface area contributed by atoms with Crippen molar-refractivity contribution in [2.24, 2.45) is 0 Å². The molecule has 0 aliphatic heterocycles. The Kier molecular flexibility index (Phi) is 11.0. The van der Waals surface area contributed by atoms with Crippen LogP contribution in [0.2, 0.25) is 0 Å². The average Bonchev–Trinajstić information content (AvgIpc) is 3.08. The van der Waals surface area contributed by atoms with Crippen molar-refractivity contribution in [1.82, 2.24) is 0 Å². The summed E-state index contributed by atoms with van der Waals surface area (Å²) in [6.07, 6.45) is 4.12. The number of carbonyl (C=O) groups excluding carboxylic acids is 1. The van der Waals surface area contributed by atoms with Gasteiger partial charge < -0.3 is 9.47 Å². The van der Waals surface area contributed by atoms with Crippen molar-refractivity contribution in [3.63, 3.8) is 0 Å². The van der Waals surface area contributed by atoms with Crippen LogP contribution in [0.4, 0.5) is 0 Å². The number of carbonyl (C=O) groups is 1. The van der Waals surface area contributed by atoms with E-state index in [-0.39, 0.29) is 27.4 Å². The first-order valence-electron chi connectivity index (χ1n) is 17.9. The first-order valence-corrected chi connectivity index (χ1v) is 17.9. The van der Waals surface area contributed by atoms with Crippen LogP contribution in [0, 0.1) is 0 Å². The van der Waals surface area contributed by atoms with Gasteiger partial charge in [0.05, 0.1) is 0 Å². The molecule has 0 spiro atoms. The Morgan fingerprint density at radius 3 is 1.06 bits per heavy atom. The summed E-state index contributed by atoms with van der Waals surface area (Å²) in [6, 6.07) is 28.2. The molecule has 48 heavy (non-hydrogen) atoms. The second-order valence-corrected chi connectivity index (χ2v) is 16.0. The van der Waals surface area contributed by atoms with Crippen molar-refractivity contribution in [3.8, 4) is 23.0 Å². The molecule has 3 heteroatoms. The highest BCUT2D eigenvalue weighted by atomic mass is 16.5. The van der Waals surface area contributed by atoms with E-state index in [0.717, 1.165) is 37.2 Å². The zero-order valence-electron chi connectivity index (χ0n) is 31.6. The van der Waals surface area contributed by atoms with Gasteiger partial charge in [0.1, 0.15) is 23.0 Å². The van der Waals surface area contributed by atoms with Gasteiger partial charge in [0, 0.05) is 22.3 Å². The SMILES string of the molecule is CCC(C)(C)c1ccc(Oc2ccc(C(=O)c3ccc(Oc4ccc(C(C)(C)CC)cc4C(C)(C)CC)cc3)cc2)c(C(C)(C)CC)c1. The fourth-order valence-electron chi connectivity index (χ4n) is 5.70. The molecule has 0 aliphatic carbocycles. The molecule has 0 aromatic heterocycles. The molecule has 0 bridgehead atoms. The third-order valence-electron chi connectivity index (χ3n) is 11.2. The molecule has 4 aromatic carbocycles. The maximum absolute atomic E-state index is 13.5. The van der Waals surface area contributed by atoms with Gasteiger partial charge in [-0.05, 0) is 119 Å². The monoisotopic (exact) mass is 646 g/mol. The van der Waals surface area contributed by atoms with E-state index in [1.807, 2.05) is 48.5 Å². The molecule has 0 aliphatic rings. The van der Waals surface area contributed by atoms with Crippen molar-refractivity contribution in [3.05, 3.63) is 118 Å². The van der Waals surface area contributed by atoms with E-state index in [9.17, 15) is 4.79 Å². The predicted octanol–water partition coefficient (Wildman–Crippen LogP) is 13.3. The Bertz CT molecular complexity index is 1580. The molecular weight excluding hydrogens is 588 g/mol. The lowest BCUT2D eigenvalue weighted by Crippen LogP contribution is -2.20. The van der Waals surface area contributed by atoms with Gasteiger partial charge in [0.15, 0.2) is 5.78 Å². The topological polar surface area (TPSA) is 35.5 Å². The molecule has 0 unspecified atom stereocenters. The summed E-state index contributed by atoms with van der Waals surface area (Å²) in [4.78, 5) is 13.5. The van der Waals surface area contributed by atoms with Crippen LogP contribution in [-0.4, -0.2) is 5.78 Å². The largest absolute Gasteiger partial charge is 0.457 e. The zero-order valence-corrected chi connectivity index (χ0v) is 31.6. The fourth-order valence-corrected chi connectivity index (χ4v) is 5.70. The third kappa shape index (κ3) is 8.05. The summed E-state index contributed by atoms with van der Waals surface area (Å²) in [7, 11) is 0. The standard InChI is InChI=1S/C45H58O3/c1-13-42(5,6)33-21-27-39(37(29-33)44(9,10)15-3)47-35-23-17-31(18-24-35)41(46)32-19-25-36(26-20-32)48-40-28-22-34(43(7,8)14-2)30-38(40)45(11,12)16-4/h17-30H,13-16H2,1-12H3. The predicted molar refractivity (Wildman–Crippen MR) is 203 cm³/mol. The molecule has 0 saturated carbocycles. The second-order valence-electron chi connectivity index (χ2n) is 16.0. The van der Waals surface area contributed by atoms with Crippen LogP contribution < -0.4 is 9.47 Å². The van der Waals surface area contributed by atoms with Crippen molar-refractivity contribution >= 4 is 5.78 Å². The Balaban J connectivity index is 1.53. The van der Waals surface area contributed by atoms with Gasteiger partial charge >= 0.3 is 0 Å². The molecule has 0 saturated heterocycles. The van der Waals surface area contributed by atoms with Gasteiger partial charge in [-0.15, -0.1) is 0 Å². The molecule has 3 nitrogen and oxygen atoms in total. The van der Waals surface area contributed by atoms with Crippen molar-refractivity contribution < 1.29 is 14.3 Å². The molecular formula is C45H58O3. The van der Waals surface area contributed by atoms with Crippen molar-refractivity contribution in [2.45, 2.75) is 130 Å². The maximum Gasteiger partial charge on any atom is 0.193 e. The first-order chi connectivity index (χ1) is 22.5. The Morgan fingerprint density at radius 1 is 0.458 bits per heavy atom. The van der Waals surface area contributed by atoms with Crippen LogP contribution in [0.5, 0.6) is 23.0 Å². The second kappa shape index (κ2) is 14.3. The molecule has 0 heterocycles. The Labute approximate surface area is 291 Å². The molecule has 0 amide bonds. The minimum absolute atomic E-state index is 0.0361. The van der Waals surface area contributed by atoms with Crippen LogP contribution in [0.1, 0.15) is 147 Å². The van der Waals surface area contributed by atoms with Crippen LogP contribution in [0.15, 0.2) is 84.9 Å². The summed E-state index contributed by atoms with van der Waals surface area (Å²) in [5, 5.41) is 0. The molecule has 4 rings (SSSR count). The number of hydrogen-bond donors (Lipinski definition) is 0. The van der Waals surface area contributed by atoms with E-state index < -0.39 is 0 Å². The summed E-state index contributed by atoms with van der Waals surface area (Å²) < 4.78 is 12.9. The summed E-state index contributed by atoms with van der Waals surface area (Å²) >= 11 is 0. The number of hydrogen-bond acceptors (Lipinski definition) is 3. The number of ketones is 1. The van der Waals surface area contributed by atoms with E-state index in [0.29, 0.717) is 22.6 Å². The number of benzene rings is 4. The smallest absolute Gasteiger partial charge is 0.193 e. The Morgan fingerprint density at radius 2 is 0.771 bits per heavy atom. The third-order valence-corrected chi connectivity index (χ3v) is 11.2. The first kappa shape index (κ1) is 37.0. The van der Waals surface area contributed by atoms with Crippen molar-refractivity contribution in [2.75, 3.05) is 0 Å². The van der Waals surface area contributed by atoms with E-state index in [1.165, 1.54) is 22.3 Å². The van der Waals surface area contributed by atoms with E-state index in [4.69, 9.17) is 9.47 Å². The molecule has 0 atom stereocenters. The Hall–Kier alpha value is -3.85. The van der Waals surface area contributed by atoms with Crippen LogP contribution in [0.25, 0.3) is 0 Å². The molecule has 0 N–H and O–H groups in total. The van der Waals surface area contributed by atoms with Gasteiger partial charge in [-0.3, -0.25) is 4.79 Å². The van der Waals surface area contributed by atoms with Crippen LogP contribution in [0.3, 0.4) is 0 Å². The number of rotatable bonds is 14. The van der Waals surface area contributed by atoms with E-state index in [1.54, 1.807) is 0 Å². The highest BCUT2D eigenvalue weighted by molar-refractivity contribution is 6.09. The van der Waals surface area contributed by atoms with Crippen LogP contribution in [-0.2, 0) is 21.7 Å². The van der Waals surface area contributed by atoms with E-state index >= 15 is 0 Å². The quantitative estimate of drug-likeness (QED) is 0.128. The van der Waals surface area contributed by atoms with Gasteiger partial charge in [0.2, 0.25) is 0 Å². The highest BCUT2D eigenvalue weighted by Gasteiger charge is 2.28. The lowest BCUT2D eigenvalue weighted by molar-refractivity contribution is 0.103. The van der Waals surface area contributed by atoms with Crippen molar-refractivity contribution in [1.29, 1.82) is 0 Å². The molecule has 4 aromatic rings. The lowest BCUT2D eigenvalue weighted by Gasteiger charge is -2.30. The minimum atomic E-state index is -0.0376. The molecule has 0 radical (unpaired) electrons. The number of ether oxygens (including phenoxy) is 2. The normalized spacial score (nSPS) is 12.6. The molecule has 0 fully saturated rings. The lowest BCUT2D eigenvalue weighted by atomic mass is 9.76. The summed E-state index contributed by atoms with van der Waals surface area (Å²) in [6.45, 7) is 27.1. The fraction of sp³-hybridized carbons (Fsp3) is 0.444. The van der Waals surface area contributed by atoms with Gasteiger partial charge in [-0.2, -0.15) is 0 Å². The average molecular weight is 647 g/mol.